The molecule has 0 fully saturated rings. The Bertz CT molecular complexity index is 481. The molecule has 0 aromatic heterocycles. The minimum absolute atomic E-state index is 0.0570. The highest BCUT2D eigenvalue weighted by Crippen LogP contribution is 2.22. The average Bonchev–Trinajstić information content (AvgIpc) is 2.19. The zero-order chi connectivity index (χ0) is 13.8. The van der Waals surface area contributed by atoms with E-state index in [2.05, 4.69) is 11.2 Å². The van der Waals surface area contributed by atoms with Crippen LogP contribution in [0, 0.1) is 12.3 Å². The minimum atomic E-state index is -0.563. The summed E-state index contributed by atoms with van der Waals surface area (Å²) in [5, 5.41) is 12.2. The van der Waals surface area contributed by atoms with Crippen molar-refractivity contribution in [2.24, 2.45) is 0 Å². The van der Waals surface area contributed by atoms with Gasteiger partial charge in [0.05, 0.1) is 0 Å². The summed E-state index contributed by atoms with van der Waals surface area (Å²) in [7, 11) is 0. The largest absolute Gasteiger partial charge is 0.508 e. The molecule has 0 radical (unpaired) electrons. The molecule has 0 spiro atoms. The predicted molar refractivity (Wildman–Crippen MR) is 70.5 cm³/mol. The fourth-order valence-electron chi connectivity index (χ4n) is 1.32. The molecular formula is C14H17NO3. The SMILES string of the molecule is C#CCc1ccc(NC(=O)OC(C)(C)C)cc1O. The molecule has 0 aliphatic carbocycles. The van der Waals surface area contributed by atoms with Crippen molar-refractivity contribution in [3.05, 3.63) is 23.8 Å². The van der Waals surface area contributed by atoms with E-state index in [9.17, 15) is 9.90 Å². The summed E-state index contributed by atoms with van der Waals surface area (Å²) in [4.78, 5) is 11.5. The zero-order valence-corrected chi connectivity index (χ0v) is 10.8. The van der Waals surface area contributed by atoms with Crippen LogP contribution in [0.4, 0.5) is 10.5 Å². The van der Waals surface area contributed by atoms with E-state index >= 15 is 0 Å². The topological polar surface area (TPSA) is 58.6 Å². The van der Waals surface area contributed by atoms with Gasteiger partial charge in [-0.05, 0) is 26.8 Å². The first-order valence-corrected chi connectivity index (χ1v) is 5.57. The third kappa shape index (κ3) is 4.38. The number of anilines is 1. The molecule has 0 atom stereocenters. The van der Waals surface area contributed by atoms with Crippen molar-refractivity contribution in [1.82, 2.24) is 0 Å². The van der Waals surface area contributed by atoms with Gasteiger partial charge in [-0.25, -0.2) is 4.79 Å². The van der Waals surface area contributed by atoms with Crippen molar-refractivity contribution in [2.45, 2.75) is 32.8 Å². The molecule has 96 valence electrons. The number of benzene rings is 1. The normalized spacial score (nSPS) is 10.6. The summed E-state index contributed by atoms with van der Waals surface area (Å²) in [6, 6.07) is 4.77. The Morgan fingerprint density at radius 2 is 2.17 bits per heavy atom. The van der Waals surface area contributed by atoms with Crippen molar-refractivity contribution in [3.63, 3.8) is 0 Å². The van der Waals surface area contributed by atoms with E-state index in [-0.39, 0.29) is 5.75 Å². The molecule has 0 heterocycles. The second-order valence-electron chi connectivity index (χ2n) is 4.85. The predicted octanol–water partition coefficient (Wildman–Crippen LogP) is 2.91. The van der Waals surface area contributed by atoms with Gasteiger partial charge in [0.15, 0.2) is 0 Å². The Morgan fingerprint density at radius 1 is 1.50 bits per heavy atom. The van der Waals surface area contributed by atoms with E-state index in [0.717, 1.165) is 0 Å². The molecular weight excluding hydrogens is 230 g/mol. The summed E-state index contributed by atoms with van der Waals surface area (Å²) in [6.45, 7) is 5.33. The van der Waals surface area contributed by atoms with Crippen LogP contribution in [0.15, 0.2) is 18.2 Å². The maximum absolute atomic E-state index is 11.5. The highest BCUT2D eigenvalue weighted by atomic mass is 16.6. The number of aromatic hydroxyl groups is 1. The number of amides is 1. The number of rotatable bonds is 2. The number of phenolic OH excluding ortho intramolecular Hbond substituents is 1. The minimum Gasteiger partial charge on any atom is -0.508 e. The quantitative estimate of drug-likeness (QED) is 0.790. The second-order valence-corrected chi connectivity index (χ2v) is 4.85. The first-order chi connectivity index (χ1) is 8.31. The third-order valence-corrected chi connectivity index (χ3v) is 2.02. The van der Waals surface area contributed by atoms with Gasteiger partial charge in [0.1, 0.15) is 11.4 Å². The third-order valence-electron chi connectivity index (χ3n) is 2.02. The van der Waals surface area contributed by atoms with Gasteiger partial charge in [-0.15, -0.1) is 12.3 Å². The monoisotopic (exact) mass is 247 g/mol. The summed E-state index contributed by atoms with van der Waals surface area (Å²) >= 11 is 0. The fourth-order valence-corrected chi connectivity index (χ4v) is 1.32. The highest BCUT2D eigenvalue weighted by molar-refractivity contribution is 5.85. The van der Waals surface area contributed by atoms with Crippen LogP contribution in [0.25, 0.3) is 0 Å². The van der Waals surface area contributed by atoms with Gasteiger partial charge in [-0.3, -0.25) is 5.32 Å². The van der Waals surface area contributed by atoms with Gasteiger partial charge in [0.2, 0.25) is 0 Å². The van der Waals surface area contributed by atoms with Crippen molar-refractivity contribution in [2.75, 3.05) is 5.32 Å². The lowest BCUT2D eigenvalue weighted by Crippen LogP contribution is -2.27. The van der Waals surface area contributed by atoms with Gasteiger partial charge < -0.3 is 9.84 Å². The molecule has 18 heavy (non-hydrogen) atoms. The molecule has 0 aliphatic rings. The van der Waals surface area contributed by atoms with E-state index in [1.54, 1.807) is 32.9 Å². The van der Waals surface area contributed by atoms with Crippen LogP contribution in [-0.2, 0) is 11.2 Å². The van der Waals surface area contributed by atoms with Crippen LogP contribution in [0.5, 0.6) is 5.75 Å². The number of phenols is 1. The van der Waals surface area contributed by atoms with Gasteiger partial charge in [0.25, 0.3) is 0 Å². The Kier molecular flexibility index (Phi) is 4.22. The average molecular weight is 247 g/mol. The summed E-state index contributed by atoms with van der Waals surface area (Å²) in [5.41, 5.74) is 0.546. The van der Waals surface area contributed by atoms with E-state index in [0.29, 0.717) is 17.7 Å². The van der Waals surface area contributed by atoms with Crippen LogP contribution < -0.4 is 5.32 Å². The Morgan fingerprint density at radius 3 is 2.67 bits per heavy atom. The Balaban J connectivity index is 2.72. The van der Waals surface area contributed by atoms with E-state index in [4.69, 9.17) is 11.2 Å². The molecule has 1 aromatic rings. The van der Waals surface area contributed by atoms with E-state index < -0.39 is 11.7 Å². The molecule has 0 bridgehead atoms. The standard InChI is InChI=1S/C14H17NO3/c1-5-6-10-7-8-11(9-12(10)16)15-13(17)18-14(2,3)4/h1,7-9,16H,6H2,2-4H3,(H,15,17). The van der Waals surface area contributed by atoms with Crippen LogP contribution in [-0.4, -0.2) is 16.8 Å². The van der Waals surface area contributed by atoms with Crippen LogP contribution in [0.3, 0.4) is 0 Å². The summed E-state index contributed by atoms with van der Waals surface area (Å²) < 4.78 is 5.10. The first kappa shape index (κ1) is 13.9. The molecule has 4 nitrogen and oxygen atoms in total. The van der Waals surface area contributed by atoms with Crippen molar-refractivity contribution >= 4 is 11.8 Å². The Hall–Kier alpha value is -2.15. The lowest BCUT2D eigenvalue weighted by Gasteiger charge is -2.19. The first-order valence-electron chi connectivity index (χ1n) is 5.57. The summed E-state index contributed by atoms with van der Waals surface area (Å²) in [6.07, 6.45) is 4.95. The number of nitrogens with one attached hydrogen (secondary N) is 1. The Labute approximate surface area is 107 Å². The van der Waals surface area contributed by atoms with Crippen molar-refractivity contribution < 1.29 is 14.6 Å². The number of hydrogen-bond donors (Lipinski definition) is 2. The fraction of sp³-hybridized carbons (Fsp3) is 0.357. The van der Waals surface area contributed by atoms with Gasteiger partial charge in [0, 0.05) is 23.7 Å². The maximum atomic E-state index is 11.5. The molecule has 2 N–H and O–H groups in total. The smallest absolute Gasteiger partial charge is 0.412 e. The van der Waals surface area contributed by atoms with Gasteiger partial charge >= 0.3 is 6.09 Å². The highest BCUT2D eigenvalue weighted by Gasteiger charge is 2.16. The number of carbonyl (C=O) groups excluding carboxylic acids is 1. The van der Waals surface area contributed by atoms with E-state index in [1.165, 1.54) is 6.07 Å². The second kappa shape index (κ2) is 5.46. The molecule has 0 aliphatic heterocycles. The number of terminal acetylenes is 1. The molecule has 1 aromatic carbocycles. The molecule has 1 rings (SSSR count). The van der Waals surface area contributed by atoms with Crippen LogP contribution in [0.2, 0.25) is 0 Å². The van der Waals surface area contributed by atoms with Gasteiger partial charge in [-0.1, -0.05) is 6.07 Å². The summed E-state index contributed by atoms with van der Waals surface area (Å²) in [5.74, 6) is 2.50. The molecule has 0 saturated carbocycles. The van der Waals surface area contributed by atoms with Crippen molar-refractivity contribution in [1.29, 1.82) is 0 Å². The maximum Gasteiger partial charge on any atom is 0.412 e. The molecule has 0 unspecified atom stereocenters. The number of ether oxygens (including phenoxy) is 1. The molecule has 1 amide bonds. The number of hydrogen-bond acceptors (Lipinski definition) is 3. The van der Waals surface area contributed by atoms with Crippen LogP contribution in [0.1, 0.15) is 26.3 Å². The van der Waals surface area contributed by atoms with E-state index in [1.807, 2.05) is 0 Å². The molecule has 4 heteroatoms. The lowest BCUT2D eigenvalue weighted by molar-refractivity contribution is 0.0636. The van der Waals surface area contributed by atoms with Crippen LogP contribution >= 0.6 is 0 Å². The zero-order valence-electron chi connectivity index (χ0n) is 10.8. The van der Waals surface area contributed by atoms with Crippen molar-refractivity contribution in [3.8, 4) is 18.1 Å². The van der Waals surface area contributed by atoms with Gasteiger partial charge in [-0.2, -0.15) is 0 Å². The lowest BCUT2D eigenvalue weighted by atomic mass is 10.1. The molecule has 0 saturated heterocycles. The number of carbonyl (C=O) groups is 1.